The van der Waals surface area contributed by atoms with E-state index in [9.17, 15) is 5.11 Å². The van der Waals surface area contributed by atoms with E-state index in [2.05, 4.69) is 19.2 Å². The van der Waals surface area contributed by atoms with Crippen LogP contribution in [0.15, 0.2) is 0 Å². The second-order valence-electron chi connectivity index (χ2n) is 13.2. The number of aliphatic hydroxyl groups is 1. The Balaban J connectivity index is 3.35. The minimum absolute atomic E-state index is 0.141. The molecule has 0 aromatic rings. The van der Waals surface area contributed by atoms with E-state index in [0.717, 1.165) is 0 Å². The maximum atomic E-state index is 9.40. The van der Waals surface area contributed by atoms with Crippen molar-refractivity contribution in [3.63, 3.8) is 0 Å². The Labute approximate surface area is 255 Å². The zero-order valence-corrected chi connectivity index (χ0v) is 28.3. The zero-order chi connectivity index (χ0) is 29.0. The van der Waals surface area contributed by atoms with Gasteiger partial charge in [-0.1, -0.05) is 219 Å². The van der Waals surface area contributed by atoms with Gasteiger partial charge < -0.3 is 5.11 Å². The van der Waals surface area contributed by atoms with Gasteiger partial charge in [0, 0.05) is 6.04 Å². The summed E-state index contributed by atoms with van der Waals surface area (Å²) in [5.74, 6) is 0. The number of nitrogens with one attached hydrogen (secondary N) is 1. The zero-order valence-electron chi connectivity index (χ0n) is 28.3. The van der Waals surface area contributed by atoms with Gasteiger partial charge in [0.25, 0.3) is 0 Å². The molecule has 0 aliphatic rings. The van der Waals surface area contributed by atoms with Gasteiger partial charge in [-0.3, -0.25) is 5.32 Å². The predicted octanol–water partition coefficient (Wildman–Crippen LogP) is 13.2. The maximum Gasteiger partial charge on any atom is 0.0933 e. The molecule has 0 spiro atoms. The molecule has 242 valence electrons. The molecule has 0 rings (SSSR count). The molecule has 0 heterocycles. The van der Waals surface area contributed by atoms with Gasteiger partial charge in [0.15, 0.2) is 0 Å². The molecule has 0 unspecified atom stereocenters. The van der Waals surface area contributed by atoms with Gasteiger partial charge in [-0.15, -0.1) is 0 Å². The van der Waals surface area contributed by atoms with Crippen molar-refractivity contribution in [3.05, 3.63) is 0 Å². The highest BCUT2D eigenvalue weighted by molar-refractivity contribution is 4.66. The highest BCUT2D eigenvalue weighted by atomic mass is 16.3. The van der Waals surface area contributed by atoms with Crippen molar-refractivity contribution in [2.45, 2.75) is 238 Å². The van der Waals surface area contributed by atoms with Crippen LogP contribution in [0.3, 0.4) is 0 Å². The molecule has 0 fully saturated rings. The first-order valence-electron chi connectivity index (χ1n) is 19.2. The van der Waals surface area contributed by atoms with E-state index in [4.69, 9.17) is 0 Å². The smallest absolute Gasteiger partial charge is 0.0933 e. The van der Waals surface area contributed by atoms with Gasteiger partial charge in [-0.05, 0) is 12.8 Å². The standard InChI is InChI=1S/C38H79NO/c1-3-5-7-9-11-13-15-17-19-21-23-25-27-29-31-33-35-38(39-37-40)36-34-32-30-28-26-24-22-20-18-16-14-12-10-8-6-4-2/h38-40H,3-37H2,1-2H3. The van der Waals surface area contributed by atoms with Crippen LogP contribution in [0, 0.1) is 0 Å². The van der Waals surface area contributed by atoms with E-state index in [0.29, 0.717) is 6.04 Å². The van der Waals surface area contributed by atoms with Crippen molar-refractivity contribution in [2.24, 2.45) is 0 Å². The highest BCUT2D eigenvalue weighted by Crippen LogP contribution is 2.17. The highest BCUT2D eigenvalue weighted by Gasteiger charge is 2.07. The second-order valence-corrected chi connectivity index (χ2v) is 13.2. The molecule has 0 atom stereocenters. The SMILES string of the molecule is CCCCCCCCCCCCCCCCCCC(CCCCCCCCCCCCCCCCCC)NCO. The van der Waals surface area contributed by atoms with Crippen molar-refractivity contribution < 1.29 is 5.11 Å². The number of hydrogen-bond donors (Lipinski definition) is 2. The van der Waals surface area contributed by atoms with E-state index >= 15 is 0 Å². The van der Waals surface area contributed by atoms with E-state index in [1.165, 1.54) is 218 Å². The van der Waals surface area contributed by atoms with Crippen LogP contribution >= 0.6 is 0 Å². The first-order chi connectivity index (χ1) is 19.8. The summed E-state index contributed by atoms with van der Waals surface area (Å²) >= 11 is 0. The molecule has 0 saturated carbocycles. The van der Waals surface area contributed by atoms with Crippen LogP contribution in [-0.4, -0.2) is 17.9 Å². The third-order valence-corrected chi connectivity index (χ3v) is 9.19. The van der Waals surface area contributed by atoms with Crippen molar-refractivity contribution in [3.8, 4) is 0 Å². The number of hydrogen-bond acceptors (Lipinski definition) is 2. The van der Waals surface area contributed by atoms with Crippen LogP contribution in [0.2, 0.25) is 0 Å². The molecule has 0 aliphatic carbocycles. The first-order valence-corrected chi connectivity index (χ1v) is 19.2. The molecular weight excluding hydrogens is 486 g/mol. The van der Waals surface area contributed by atoms with Crippen LogP contribution in [0.25, 0.3) is 0 Å². The second kappa shape index (κ2) is 36.9. The summed E-state index contributed by atoms with van der Waals surface area (Å²) in [5, 5.41) is 12.7. The Kier molecular flexibility index (Phi) is 36.9. The molecule has 0 saturated heterocycles. The van der Waals surface area contributed by atoms with Crippen LogP contribution in [0.1, 0.15) is 232 Å². The monoisotopic (exact) mass is 566 g/mol. The fraction of sp³-hybridized carbons (Fsp3) is 1.00. The van der Waals surface area contributed by atoms with Crippen molar-refractivity contribution in [1.82, 2.24) is 5.32 Å². The molecular formula is C38H79NO. The first kappa shape index (κ1) is 39.9. The minimum Gasteiger partial charge on any atom is -0.381 e. The molecule has 0 bridgehead atoms. The van der Waals surface area contributed by atoms with Gasteiger partial charge in [0.05, 0.1) is 6.73 Å². The predicted molar refractivity (Wildman–Crippen MR) is 182 cm³/mol. The van der Waals surface area contributed by atoms with Gasteiger partial charge in [0.2, 0.25) is 0 Å². The van der Waals surface area contributed by atoms with Crippen molar-refractivity contribution in [2.75, 3.05) is 6.73 Å². The minimum atomic E-state index is 0.141. The molecule has 2 nitrogen and oxygen atoms in total. The van der Waals surface area contributed by atoms with Gasteiger partial charge >= 0.3 is 0 Å². The summed E-state index contributed by atoms with van der Waals surface area (Å²) in [5.41, 5.74) is 0. The fourth-order valence-electron chi connectivity index (χ4n) is 6.36. The molecule has 0 amide bonds. The lowest BCUT2D eigenvalue weighted by molar-refractivity contribution is 0.229. The van der Waals surface area contributed by atoms with Crippen molar-refractivity contribution in [1.29, 1.82) is 0 Å². The van der Waals surface area contributed by atoms with Crippen molar-refractivity contribution >= 4 is 0 Å². The Bertz CT molecular complexity index is 390. The fourth-order valence-corrected chi connectivity index (χ4v) is 6.36. The largest absolute Gasteiger partial charge is 0.381 e. The Morgan fingerprint density at radius 1 is 0.325 bits per heavy atom. The average molecular weight is 566 g/mol. The Morgan fingerprint density at radius 3 is 0.725 bits per heavy atom. The molecule has 40 heavy (non-hydrogen) atoms. The topological polar surface area (TPSA) is 32.3 Å². The summed E-state index contributed by atoms with van der Waals surface area (Å²) < 4.78 is 0. The summed E-state index contributed by atoms with van der Waals surface area (Å²) in [4.78, 5) is 0. The van der Waals surface area contributed by atoms with E-state index in [1.807, 2.05) is 0 Å². The van der Waals surface area contributed by atoms with Gasteiger partial charge in [0.1, 0.15) is 0 Å². The van der Waals surface area contributed by atoms with Crippen LogP contribution < -0.4 is 5.32 Å². The number of rotatable bonds is 36. The maximum absolute atomic E-state index is 9.40. The number of aliphatic hydroxyl groups excluding tert-OH is 1. The summed E-state index contributed by atoms with van der Waals surface area (Å²) in [7, 11) is 0. The van der Waals surface area contributed by atoms with Crippen LogP contribution in [0.5, 0.6) is 0 Å². The van der Waals surface area contributed by atoms with Crippen LogP contribution in [0.4, 0.5) is 0 Å². The lowest BCUT2D eigenvalue weighted by atomic mass is 9.99. The lowest BCUT2D eigenvalue weighted by Crippen LogP contribution is -2.29. The molecule has 0 aliphatic heterocycles. The molecule has 0 aromatic heterocycles. The lowest BCUT2D eigenvalue weighted by Gasteiger charge is -2.17. The molecule has 2 N–H and O–H groups in total. The molecule has 2 heteroatoms. The van der Waals surface area contributed by atoms with E-state index in [1.54, 1.807) is 0 Å². The third-order valence-electron chi connectivity index (χ3n) is 9.19. The van der Waals surface area contributed by atoms with E-state index in [-0.39, 0.29) is 6.73 Å². The normalized spacial score (nSPS) is 11.7. The van der Waals surface area contributed by atoms with Crippen LogP contribution in [-0.2, 0) is 0 Å². The van der Waals surface area contributed by atoms with Gasteiger partial charge in [-0.25, -0.2) is 0 Å². The Morgan fingerprint density at radius 2 is 0.525 bits per heavy atom. The summed E-state index contributed by atoms with van der Waals surface area (Å²) in [6.45, 7) is 4.74. The summed E-state index contributed by atoms with van der Waals surface area (Å²) in [6, 6.07) is 0.531. The molecule has 0 radical (unpaired) electrons. The summed E-state index contributed by atoms with van der Waals surface area (Å²) in [6.07, 6.45) is 48.3. The third kappa shape index (κ3) is 34.1. The van der Waals surface area contributed by atoms with Gasteiger partial charge in [-0.2, -0.15) is 0 Å². The average Bonchev–Trinajstić information content (AvgIpc) is 2.96. The Hall–Kier alpha value is -0.0800. The van der Waals surface area contributed by atoms with E-state index < -0.39 is 0 Å². The quantitative estimate of drug-likeness (QED) is 0.0585. The number of unbranched alkanes of at least 4 members (excludes halogenated alkanes) is 30. The molecule has 0 aromatic carbocycles.